The predicted octanol–water partition coefficient (Wildman–Crippen LogP) is 2.60. The first-order chi connectivity index (χ1) is 14.1. The molecule has 0 bridgehead atoms. The molecule has 0 aliphatic carbocycles. The quantitative estimate of drug-likeness (QED) is 0.673. The van der Waals surface area contributed by atoms with E-state index in [9.17, 15) is 4.79 Å². The summed E-state index contributed by atoms with van der Waals surface area (Å²) in [4.78, 5) is 30.9. The fourth-order valence-electron chi connectivity index (χ4n) is 4.62. The molecule has 0 aromatic carbocycles. The van der Waals surface area contributed by atoms with E-state index < -0.39 is 0 Å². The van der Waals surface area contributed by atoms with Crippen LogP contribution in [0, 0.1) is 6.92 Å². The molecule has 2 aliphatic rings. The molecule has 1 amide bonds. The van der Waals surface area contributed by atoms with E-state index in [-0.39, 0.29) is 5.91 Å². The van der Waals surface area contributed by atoms with E-state index in [0.29, 0.717) is 17.3 Å². The summed E-state index contributed by atoms with van der Waals surface area (Å²) >= 11 is 0. The molecule has 1 fully saturated rings. The number of likely N-dealkylation sites (N-methyl/N-ethyl adjacent to an activating group) is 1. The fourth-order valence-corrected chi connectivity index (χ4v) is 4.62. The molecule has 29 heavy (non-hydrogen) atoms. The summed E-state index contributed by atoms with van der Waals surface area (Å²) in [7, 11) is 2.17. The zero-order chi connectivity index (χ0) is 20.0. The van der Waals surface area contributed by atoms with Crippen molar-refractivity contribution in [1.82, 2.24) is 29.3 Å². The standard InChI is InChI=1S/C22H26N6O/c1-15-24-20(19-14-26(2)12-13-28(15)19)16-7-10-27(11-8-16)22(29)18-6-5-17-4-3-9-23-21(17)25-18/h3-6,9,16H,7-8,10-14H2,1-2H3. The summed E-state index contributed by atoms with van der Waals surface area (Å²) in [6.45, 7) is 6.65. The third kappa shape index (κ3) is 3.29. The second-order valence-corrected chi connectivity index (χ2v) is 8.19. The van der Waals surface area contributed by atoms with Gasteiger partial charge in [-0.15, -0.1) is 0 Å². The first-order valence-electron chi connectivity index (χ1n) is 10.4. The Morgan fingerprint density at radius 3 is 2.72 bits per heavy atom. The Labute approximate surface area is 170 Å². The van der Waals surface area contributed by atoms with E-state index >= 15 is 0 Å². The smallest absolute Gasteiger partial charge is 0.272 e. The van der Waals surface area contributed by atoms with Crippen molar-refractivity contribution < 1.29 is 4.79 Å². The predicted molar refractivity (Wildman–Crippen MR) is 111 cm³/mol. The second-order valence-electron chi connectivity index (χ2n) is 8.19. The highest BCUT2D eigenvalue weighted by Crippen LogP contribution is 2.32. The summed E-state index contributed by atoms with van der Waals surface area (Å²) < 4.78 is 2.37. The monoisotopic (exact) mass is 390 g/mol. The van der Waals surface area contributed by atoms with Crippen molar-refractivity contribution in [1.29, 1.82) is 0 Å². The molecule has 7 nitrogen and oxygen atoms in total. The average molecular weight is 390 g/mol. The molecule has 7 heteroatoms. The first kappa shape index (κ1) is 18.2. The van der Waals surface area contributed by atoms with Gasteiger partial charge in [-0.05, 0) is 51.1 Å². The maximum Gasteiger partial charge on any atom is 0.272 e. The molecule has 150 valence electrons. The molecule has 3 aromatic rings. The van der Waals surface area contributed by atoms with Gasteiger partial charge >= 0.3 is 0 Å². The number of carbonyl (C=O) groups excluding carboxylic acids is 1. The van der Waals surface area contributed by atoms with Gasteiger partial charge in [0.2, 0.25) is 0 Å². The van der Waals surface area contributed by atoms with Gasteiger partial charge in [0.1, 0.15) is 11.5 Å². The molecular weight excluding hydrogens is 364 g/mol. The lowest BCUT2D eigenvalue weighted by Crippen LogP contribution is -2.39. The Hall–Kier alpha value is -2.80. The van der Waals surface area contributed by atoms with Crippen molar-refractivity contribution >= 4 is 16.9 Å². The number of pyridine rings is 2. The summed E-state index contributed by atoms with van der Waals surface area (Å²) in [6, 6.07) is 7.57. The Morgan fingerprint density at radius 1 is 1.07 bits per heavy atom. The van der Waals surface area contributed by atoms with E-state index in [1.54, 1.807) is 6.20 Å². The van der Waals surface area contributed by atoms with Crippen LogP contribution in [0.15, 0.2) is 30.5 Å². The highest BCUT2D eigenvalue weighted by atomic mass is 16.2. The van der Waals surface area contributed by atoms with Crippen LogP contribution >= 0.6 is 0 Å². The van der Waals surface area contributed by atoms with Crippen LogP contribution in [0.4, 0.5) is 0 Å². The molecule has 0 radical (unpaired) electrons. The van der Waals surface area contributed by atoms with Crippen LogP contribution in [-0.2, 0) is 13.1 Å². The lowest BCUT2D eigenvalue weighted by atomic mass is 9.91. The minimum Gasteiger partial charge on any atom is -0.337 e. The van der Waals surface area contributed by atoms with E-state index in [0.717, 1.165) is 56.8 Å². The van der Waals surface area contributed by atoms with Crippen molar-refractivity contribution in [3.05, 3.63) is 53.4 Å². The molecule has 0 unspecified atom stereocenters. The Balaban J connectivity index is 1.31. The summed E-state index contributed by atoms with van der Waals surface area (Å²) in [5.41, 5.74) is 3.71. The number of aromatic nitrogens is 4. The third-order valence-corrected chi connectivity index (χ3v) is 6.27. The SMILES string of the molecule is Cc1nc(C2CCN(C(=O)c3ccc4cccnc4n3)CC2)c2n1CCN(C)C2. The number of hydrogen-bond acceptors (Lipinski definition) is 5. The van der Waals surface area contributed by atoms with Gasteiger partial charge in [0.05, 0.1) is 11.4 Å². The number of imidazole rings is 1. The molecule has 2 aliphatic heterocycles. The second kappa shape index (κ2) is 7.22. The number of fused-ring (bicyclic) bond motifs is 2. The summed E-state index contributed by atoms with van der Waals surface area (Å²) in [6.07, 6.45) is 3.61. The maximum absolute atomic E-state index is 13.0. The molecule has 0 N–H and O–H groups in total. The Kier molecular flexibility index (Phi) is 4.54. The van der Waals surface area contributed by atoms with Crippen LogP contribution in [-0.4, -0.2) is 61.9 Å². The topological polar surface area (TPSA) is 67.2 Å². The number of carbonyl (C=O) groups is 1. The molecule has 5 heterocycles. The minimum absolute atomic E-state index is 0.00112. The lowest BCUT2D eigenvalue weighted by molar-refractivity contribution is 0.0706. The third-order valence-electron chi connectivity index (χ3n) is 6.27. The normalized spacial score (nSPS) is 18.2. The zero-order valence-corrected chi connectivity index (χ0v) is 17.0. The first-order valence-corrected chi connectivity index (χ1v) is 10.4. The van der Waals surface area contributed by atoms with E-state index in [4.69, 9.17) is 4.98 Å². The summed E-state index contributed by atoms with van der Waals surface area (Å²) in [5, 5.41) is 0.952. The van der Waals surface area contributed by atoms with Crippen LogP contribution in [0.3, 0.4) is 0 Å². The van der Waals surface area contributed by atoms with Crippen molar-refractivity contribution in [2.45, 2.75) is 38.8 Å². The molecule has 1 saturated heterocycles. The van der Waals surface area contributed by atoms with Crippen LogP contribution in [0.1, 0.15) is 46.5 Å². The van der Waals surface area contributed by atoms with Gasteiger partial charge in [-0.1, -0.05) is 0 Å². The van der Waals surface area contributed by atoms with Gasteiger partial charge in [0.15, 0.2) is 5.65 Å². The van der Waals surface area contributed by atoms with Crippen molar-refractivity contribution in [2.75, 3.05) is 26.7 Å². The molecule has 5 rings (SSSR count). The molecular formula is C22H26N6O. The lowest BCUT2D eigenvalue weighted by Gasteiger charge is -2.32. The van der Waals surface area contributed by atoms with Gasteiger partial charge in [-0.3, -0.25) is 9.69 Å². The van der Waals surface area contributed by atoms with Gasteiger partial charge in [-0.25, -0.2) is 15.0 Å². The average Bonchev–Trinajstić information content (AvgIpc) is 3.08. The number of likely N-dealkylation sites (tertiary alicyclic amines) is 1. The van der Waals surface area contributed by atoms with E-state index in [1.165, 1.54) is 11.4 Å². The molecule has 0 spiro atoms. The van der Waals surface area contributed by atoms with E-state index in [1.807, 2.05) is 29.2 Å². The van der Waals surface area contributed by atoms with Crippen LogP contribution in [0.5, 0.6) is 0 Å². The van der Waals surface area contributed by atoms with Gasteiger partial charge in [0.25, 0.3) is 5.91 Å². The molecule has 0 atom stereocenters. The number of hydrogen-bond donors (Lipinski definition) is 0. The number of nitrogens with zero attached hydrogens (tertiary/aromatic N) is 6. The zero-order valence-electron chi connectivity index (χ0n) is 17.0. The van der Waals surface area contributed by atoms with Crippen LogP contribution < -0.4 is 0 Å². The van der Waals surface area contributed by atoms with Gasteiger partial charge in [0, 0.05) is 50.2 Å². The van der Waals surface area contributed by atoms with Gasteiger partial charge < -0.3 is 9.47 Å². The highest BCUT2D eigenvalue weighted by Gasteiger charge is 2.30. The van der Waals surface area contributed by atoms with Crippen LogP contribution in [0.2, 0.25) is 0 Å². The largest absolute Gasteiger partial charge is 0.337 e. The maximum atomic E-state index is 13.0. The van der Waals surface area contributed by atoms with E-state index in [2.05, 4.69) is 33.4 Å². The number of rotatable bonds is 2. The Morgan fingerprint density at radius 2 is 1.90 bits per heavy atom. The van der Waals surface area contributed by atoms with Crippen molar-refractivity contribution in [3.8, 4) is 0 Å². The van der Waals surface area contributed by atoms with Gasteiger partial charge in [-0.2, -0.15) is 0 Å². The molecule has 3 aromatic heterocycles. The molecule has 0 saturated carbocycles. The minimum atomic E-state index is -0.00112. The van der Waals surface area contributed by atoms with Crippen LogP contribution in [0.25, 0.3) is 11.0 Å². The van der Waals surface area contributed by atoms with Crippen molar-refractivity contribution in [2.24, 2.45) is 0 Å². The number of aryl methyl sites for hydroxylation is 1. The fraction of sp³-hybridized carbons (Fsp3) is 0.455. The summed E-state index contributed by atoms with van der Waals surface area (Å²) in [5.74, 6) is 1.54. The highest BCUT2D eigenvalue weighted by molar-refractivity contribution is 5.94. The number of piperidine rings is 1. The van der Waals surface area contributed by atoms with Crippen molar-refractivity contribution in [3.63, 3.8) is 0 Å². The number of amides is 1. The Bertz CT molecular complexity index is 1070.